The molecule has 0 bridgehead atoms. The lowest BCUT2D eigenvalue weighted by Gasteiger charge is -2.12. The van der Waals surface area contributed by atoms with E-state index in [1.54, 1.807) is 7.11 Å². The summed E-state index contributed by atoms with van der Waals surface area (Å²) in [5.74, 6) is 0.932. The van der Waals surface area contributed by atoms with Crippen LogP contribution in [0.2, 0.25) is 0 Å². The minimum absolute atomic E-state index is 0.932. The third-order valence-electron chi connectivity index (χ3n) is 4.25. The topological polar surface area (TPSA) is 9.23 Å². The summed E-state index contributed by atoms with van der Waals surface area (Å²) >= 11 is 0. The van der Waals surface area contributed by atoms with E-state index in [0.29, 0.717) is 0 Å². The number of para-hydroxylation sites is 1. The van der Waals surface area contributed by atoms with Gasteiger partial charge in [-0.15, -0.1) is 0 Å². The molecule has 0 aromatic heterocycles. The van der Waals surface area contributed by atoms with Crippen molar-refractivity contribution in [2.24, 2.45) is 0 Å². The molecular formula is C20H16O. The molecule has 0 saturated carbocycles. The first-order valence-electron chi connectivity index (χ1n) is 7.22. The number of hydrogen-bond donors (Lipinski definition) is 0. The predicted octanol–water partition coefficient (Wildman–Crippen LogP) is 4.93. The van der Waals surface area contributed by atoms with Crippen molar-refractivity contribution < 1.29 is 4.74 Å². The smallest absolute Gasteiger partial charge is 0.126 e. The minimum atomic E-state index is 0.932. The van der Waals surface area contributed by atoms with Crippen LogP contribution >= 0.6 is 0 Å². The van der Waals surface area contributed by atoms with Gasteiger partial charge in [-0.3, -0.25) is 0 Å². The number of methoxy groups -OCH3 is 1. The van der Waals surface area contributed by atoms with Gasteiger partial charge >= 0.3 is 0 Å². The number of hydrogen-bond acceptors (Lipinski definition) is 1. The Morgan fingerprint density at radius 2 is 1.29 bits per heavy atom. The molecule has 0 unspecified atom stereocenters. The molecule has 1 aliphatic carbocycles. The molecule has 0 aliphatic heterocycles. The Balaban J connectivity index is 1.94. The van der Waals surface area contributed by atoms with E-state index >= 15 is 0 Å². The molecule has 0 atom stereocenters. The van der Waals surface area contributed by atoms with E-state index in [2.05, 4.69) is 54.6 Å². The molecule has 0 saturated heterocycles. The van der Waals surface area contributed by atoms with Crippen LogP contribution in [0.25, 0.3) is 22.3 Å². The molecule has 0 amide bonds. The highest BCUT2D eigenvalue weighted by Gasteiger charge is 2.21. The highest BCUT2D eigenvalue weighted by Crippen LogP contribution is 2.43. The molecule has 0 N–H and O–H groups in total. The molecule has 0 heterocycles. The van der Waals surface area contributed by atoms with E-state index < -0.39 is 0 Å². The Kier molecular flexibility index (Phi) is 2.78. The maximum absolute atomic E-state index is 5.54. The average Bonchev–Trinajstić information content (AvgIpc) is 2.93. The normalized spacial score (nSPS) is 11.9. The first-order valence-corrected chi connectivity index (χ1v) is 7.22. The van der Waals surface area contributed by atoms with Crippen molar-refractivity contribution in [2.75, 3.05) is 7.11 Å². The van der Waals surface area contributed by atoms with Crippen molar-refractivity contribution in [3.63, 3.8) is 0 Å². The highest BCUT2D eigenvalue weighted by atomic mass is 16.5. The van der Waals surface area contributed by atoms with Gasteiger partial charge in [-0.25, -0.2) is 0 Å². The largest absolute Gasteiger partial charge is 0.496 e. The monoisotopic (exact) mass is 272 g/mol. The first-order chi connectivity index (χ1) is 10.4. The molecule has 0 fully saturated rings. The Labute approximate surface area is 124 Å². The molecular weight excluding hydrogens is 256 g/mol. The van der Waals surface area contributed by atoms with Gasteiger partial charge in [-0.2, -0.15) is 0 Å². The van der Waals surface area contributed by atoms with E-state index in [9.17, 15) is 0 Å². The van der Waals surface area contributed by atoms with E-state index in [1.165, 1.54) is 33.4 Å². The summed E-state index contributed by atoms with van der Waals surface area (Å²) in [4.78, 5) is 0. The van der Waals surface area contributed by atoms with Crippen LogP contribution in [0.3, 0.4) is 0 Å². The minimum Gasteiger partial charge on any atom is -0.496 e. The van der Waals surface area contributed by atoms with Crippen LogP contribution in [0.1, 0.15) is 11.1 Å². The molecule has 0 spiro atoms. The SMILES string of the molecule is COc1ccccc1-c1cccc2c1Cc1ccccc1-2. The maximum Gasteiger partial charge on any atom is 0.126 e. The quantitative estimate of drug-likeness (QED) is 0.502. The van der Waals surface area contributed by atoms with Gasteiger partial charge in [-0.1, -0.05) is 60.7 Å². The molecule has 1 heteroatoms. The van der Waals surface area contributed by atoms with Gasteiger partial charge in [0.25, 0.3) is 0 Å². The van der Waals surface area contributed by atoms with E-state index in [4.69, 9.17) is 4.74 Å². The Hall–Kier alpha value is -2.54. The molecule has 4 rings (SSSR count). The zero-order valence-corrected chi connectivity index (χ0v) is 12.0. The van der Waals surface area contributed by atoms with Crippen molar-refractivity contribution in [1.29, 1.82) is 0 Å². The van der Waals surface area contributed by atoms with E-state index in [0.717, 1.165) is 12.2 Å². The zero-order valence-electron chi connectivity index (χ0n) is 12.0. The van der Waals surface area contributed by atoms with Crippen LogP contribution < -0.4 is 4.74 Å². The van der Waals surface area contributed by atoms with Crippen LogP contribution in [0.4, 0.5) is 0 Å². The fourth-order valence-electron chi connectivity index (χ4n) is 3.28. The zero-order chi connectivity index (χ0) is 14.2. The Morgan fingerprint density at radius 1 is 0.667 bits per heavy atom. The van der Waals surface area contributed by atoms with Crippen LogP contribution in [-0.4, -0.2) is 7.11 Å². The molecule has 102 valence electrons. The summed E-state index contributed by atoms with van der Waals surface area (Å²) in [6.07, 6.45) is 1.000. The van der Waals surface area contributed by atoms with E-state index in [-0.39, 0.29) is 0 Å². The Morgan fingerprint density at radius 3 is 2.10 bits per heavy atom. The average molecular weight is 272 g/mol. The third-order valence-corrected chi connectivity index (χ3v) is 4.25. The molecule has 0 radical (unpaired) electrons. The predicted molar refractivity (Wildman–Crippen MR) is 86.7 cm³/mol. The standard InChI is InChI=1S/C20H16O/c1-21-20-12-5-4-9-18(20)17-11-6-10-16-15-8-3-2-7-14(15)13-19(16)17/h2-12H,13H2,1H3. The van der Waals surface area contributed by atoms with Gasteiger partial charge in [-0.05, 0) is 40.3 Å². The lowest BCUT2D eigenvalue weighted by atomic mass is 9.95. The van der Waals surface area contributed by atoms with Gasteiger partial charge in [0.05, 0.1) is 7.11 Å². The summed E-state index contributed by atoms with van der Waals surface area (Å²) in [5.41, 5.74) is 7.99. The lowest BCUT2D eigenvalue weighted by Crippen LogP contribution is -1.91. The Bertz CT molecular complexity index is 818. The number of ether oxygens (including phenoxy) is 1. The fourth-order valence-corrected chi connectivity index (χ4v) is 3.28. The molecule has 3 aromatic rings. The number of benzene rings is 3. The lowest BCUT2D eigenvalue weighted by molar-refractivity contribution is 0.416. The summed E-state index contributed by atoms with van der Waals surface area (Å²) in [5, 5.41) is 0. The fraction of sp³-hybridized carbons (Fsp3) is 0.100. The third kappa shape index (κ3) is 1.85. The number of rotatable bonds is 2. The van der Waals surface area contributed by atoms with Gasteiger partial charge in [0.15, 0.2) is 0 Å². The van der Waals surface area contributed by atoms with Crippen molar-refractivity contribution >= 4 is 0 Å². The van der Waals surface area contributed by atoms with E-state index in [1.807, 2.05) is 12.1 Å². The highest BCUT2D eigenvalue weighted by molar-refractivity contribution is 5.86. The second-order valence-electron chi connectivity index (χ2n) is 5.37. The van der Waals surface area contributed by atoms with Crippen molar-refractivity contribution in [3.05, 3.63) is 77.9 Å². The van der Waals surface area contributed by atoms with Gasteiger partial charge in [0.2, 0.25) is 0 Å². The van der Waals surface area contributed by atoms with Crippen molar-refractivity contribution in [2.45, 2.75) is 6.42 Å². The van der Waals surface area contributed by atoms with Gasteiger partial charge in [0.1, 0.15) is 5.75 Å². The second kappa shape index (κ2) is 4.78. The summed E-state index contributed by atoms with van der Waals surface area (Å²) in [6, 6.07) is 23.5. The molecule has 1 nitrogen and oxygen atoms in total. The van der Waals surface area contributed by atoms with Crippen LogP contribution in [0.15, 0.2) is 66.7 Å². The maximum atomic E-state index is 5.54. The summed E-state index contributed by atoms with van der Waals surface area (Å²) < 4.78 is 5.54. The van der Waals surface area contributed by atoms with Gasteiger partial charge in [0, 0.05) is 5.56 Å². The van der Waals surface area contributed by atoms with Gasteiger partial charge < -0.3 is 4.74 Å². The van der Waals surface area contributed by atoms with Crippen LogP contribution in [0.5, 0.6) is 5.75 Å². The van der Waals surface area contributed by atoms with Crippen molar-refractivity contribution in [1.82, 2.24) is 0 Å². The number of fused-ring (bicyclic) bond motifs is 3. The first kappa shape index (κ1) is 12.2. The molecule has 3 aromatic carbocycles. The van der Waals surface area contributed by atoms with Crippen LogP contribution in [-0.2, 0) is 6.42 Å². The summed E-state index contributed by atoms with van der Waals surface area (Å²) in [6.45, 7) is 0. The second-order valence-corrected chi connectivity index (χ2v) is 5.37. The summed E-state index contributed by atoms with van der Waals surface area (Å²) in [7, 11) is 1.73. The molecule has 21 heavy (non-hydrogen) atoms. The molecule has 1 aliphatic rings. The van der Waals surface area contributed by atoms with Crippen molar-refractivity contribution in [3.8, 4) is 28.0 Å². The van der Waals surface area contributed by atoms with Crippen LogP contribution in [0, 0.1) is 0 Å².